The summed E-state index contributed by atoms with van der Waals surface area (Å²) in [6.45, 7) is 1.90. The molecule has 0 aromatic heterocycles. The van der Waals surface area contributed by atoms with Gasteiger partial charge in [0.1, 0.15) is 0 Å². The highest BCUT2D eigenvalue weighted by atomic mass is 79.9. The van der Waals surface area contributed by atoms with Crippen LogP contribution in [0.4, 0.5) is 5.69 Å². The Labute approximate surface area is 115 Å². The number of hydrogen-bond acceptors (Lipinski definition) is 4. The van der Waals surface area contributed by atoms with Gasteiger partial charge in [-0.05, 0) is 12.5 Å². The number of carbonyl (C=O) groups excluding carboxylic acids is 1. The number of esters is 1. The van der Waals surface area contributed by atoms with Gasteiger partial charge in [-0.1, -0.05) is 31.9 Å². The molecule has 7 heteroatoms. The van der Waals surface area contributed by atoms with Gasteiger partial charge in [-0.3, -0.25) is 10.1 Å². The number of halogens is 2. The molecule has 0 atom stereocenters. The van der Waals surface area contributed by atoms with Gasteiger partial charge in [0.05, 0.1) is 17.1 Å². The molecule has 0 heterocycles. The minimum absolute atomic E-state index is 0.148. The van der Waals surface area contributed by atoms with E-state index in [1.807, 2.05) is 0 Å². The summed E-state index contributed by atoms with van der Waals surface area (Å²) in [5.41, 5.74) is 0.684. The van der Waals surface area contributed by atoms with E-state index in [0.29, 0.717) is 15.4 Å². The van der Waals surface area contributed by atoms with Gasteiger partial charge in [0.15, 0.2) is 0 Å². The Morgan fingerprint density at radius 1 is 1.53 bits per heavy atom. The van der Waals surface area contributed by atoms with Crippen LogP contribution in [-0.4, -0.2) is 17.5 Å². The molecule has 1 aromatic rings. The molecule has 0 spiro atoms. The Kier molecular flexibility index (Phi) is 5.07. The van der Waals surface area contributed by atoms with Crippen molar-refractivity contribution >= 4 is 43.5 Å². The second-order valence-electron chi connectivity index (χ2n) is 3.06. The van der Waals surface area contributed by atoms with Gasteiger partial charge in [-0.15, -0.1) is 0 Å². The second-order valence-corrected chi connectivity index (χ2v) is 4.48. The first-order valence-corrected chi connectivity index (χ1v) is 6.62. The van der Waals surface area contributed by atoms with E-state index in [-0.39, 0.29) is 17.9 Å². The molecular weight excluding hydrogens is 358 g/mol. The highest BCUT2D eigenvalue weighted by molar-refractivity contribution is 9.10. The first-order chi connectivity index (χ1) is 8.01. The number of carbonyl (C=O) groups is 1. The van der Waals surface area contributed by atoms with Gasteiger partial charge < -0.3 is 4.74 Å². The molecule has 0 aliphatic carbocycles. The third kappa shape index (κ3) is 3.26. The lowest BCUT2D eigenvalue weighted by Crippen LogP contribution is -2.09. The maximum absolute atomic E-state index is 11.7. The van der Waals surface area contributed by atoms with Crippen molar-refractivity contribution < 1.29 is 14.5 Å². The number of nitrogens with zero attached hydrogens (tertiary/aromatic N) is 1. The van der Waals surface area contributed by atoms with Gasteiger partial charge in [0.25, 0.3) is 5.69 Å². The summed E-state index contributed by atoms with van der Waals surface area (Å²) >= 11 is 6.44. The molecule has 0 aliphatic heterocycles. The zero-order valence-electron chi connectivity index (χ0n) is 8.91. The van der Waals surface area contributed by atoms with Crippen molar-refractivity contribution in [3.05, 3.63) is 37.8 Å². The average molecular weight is 367 g/mol. The van der Waals surface area contributed by atoms with Crippen LogP contribution >= 0.6 is 31.9 Å². The number of ether oxygens (including phenoxy) is 1. The number of alkyl halides is 1. The van der Waals surface area contributed by atoms with E-state index in [1.54, 1.807) is 6.92 Å². The lowest BCUT2D eigenvalue weighted by atomic mass is 10.1. The fraction of sp³-hybridized carbons (Fsp3) is 0.300. The fourth-order valence-corrected chi connectivity index (χ4v) is 2.82. The van der Waals surface area contributed by atoms with Gasteiger partial charge in [0, 0.05) is 21.9 Å². The minimum atomic E-state index is -0.564. The van der Waals surface area contributed by atoms with Crippen LogP contribution in [-0.2, 0) is 10.1 Å². The quantitative estimate of drug-likeness (QED) is 0.354. The predicted molar refractivity (Wildman–Crippen MR) is 69.4 cm³/mol. The van der Waals surface area contributed by atoms with Crippen LogP contribution in [0.5, 0.6) is 0 Å². The summed E-state index contributed by atoms with van der Waals surface area (Å²) in [5.74, 6) is -0.564. The lowest BCUT2D eigenvalue weighted by Gasteiger charge is -2.08. The zero-order chi connectivity index (χ0) is 13.0. The van der Waals surface area contributed by atoms with Crippen molar-refractivity contribution in [2.45, 2.75) is 12.3 Å². The fourth-order valence-electron chi connectivity index (χ4n) is 1.25. The molecule has 1 rings (SSSR count). The molecule has 0 radical (unpaired) electrons. The number of nitro benzene ring substituents is 1. The minimum Gasteiger partial charge on any atom is -0.462 e. The highest BCUT2D eigenvalue weighted by Gasteiger charge is 2.20. The van der Waals surface area contributed by atoms with Gasteiger partial charge in [0.2, 0.25) is 0 Å². The normalized spacial score (nSPS) is 10.1. The molecule has 0 N–H and O–H groups in total. The van der Waals surface area contributed by atoms with Crippen LogP contribution in [0.2, 0.25) is 0 Å². The first-order valence-electron chi connectivity index (χ1n) is 4.71. The summed E-state index contributed by atoms with van der Waals surface area (Å²) in [5, 5.41) is 11.1. The summed E-state index contributed by atoms with van der Waals surface area (Å²) in [6.07, 6.45) is 0. The summed E-state index contributed by atoms with van der Waals surface area (Å²) in [7, 11) is 0. The topological polar surface area (TPSA) is 69.4 Å². The third-order valence-electron chi connectivity index (χ3n) is 2.02. The molecule has 0 bridgehead atoms. The number of non-ortho nitro benzene ring substituents is 1. The van der Waals surface area contributed by atoms with Crippen LogP contribution in [0.15, 0.2) is 16.6 Å². The molecule has 0 saturated heterocycles. The molecule has 0 saturated carbocycles. The maximum Gasteiger partial charge on any atom is 0.338 e. The Bertz CT molecular complexity index is 462. The van der Waals surface area contributed by atoms with Crippen molar-refractivity contribution in [2.75, 3.05) is 6.61 Å². The molecule has 17 heavy (non-hydrogen) atoms. The van der Waals surface area contributed by atoms with Crippen molar-refractivity contribution in [1.29, 1.82) is 0 Å². The molecule has 0 fully saturated rings. The van der Waals surface area contributed by atoms with Crippen molar-refractivity contribution in [1.82, 2.24) is 0 Å². The maximum atomic E-state index is 11.7. The standard InChI is InChI=1S/C10H9Br2NO4/c1-2-17-10(14)7-3-6(13(15)16)4-9(12)8(7)5-11/h3-4H,2,5H2,1H3. The lowest BCUT2D eigenvalue weighted by molar-refractivity contribution is -0.385. The molecule has 0 amide bonds. The summed E-state index contributed by atoms with van der Waals surface area (Å²) in [4.78, 5) is 21.8. The van der Waals surface area contributed by atoms with Crippen LogP contribution in [0, 0.1) is 10.1 Å². The van der Waals surface area contributed by atoms with Crippen LogP contribution in [0.25, 0.3) is 0 Å². The molecule has 0 unspecified atom stereocenters. The Morgan fingerprint density at radius 2 is 2.18 bits per heavy atom. The van der Waals surface area contributed by atoms with Crippen LogP contribution in [0.1, 0.15) is 22.8 Å². The van der Waals surface area contributed by atoms with Gasteiger partial charge in [-0.2, -0.15) is 0 Å². The Morgan fingerprint density at radius 3 is 2.65 bits per heavy atom. The van der Waals surface area contributed by atoms with E-state index in [1.165, 1.54) is 12.1 Å². The predicted octanol–water partition coefficient (Wildman–Crippen LogP) is 3.43. The largest absolute Gasteiger partial charge is 0.462 e. The van der Waals surface area contributed by atoms with Crippen molar-refractivity contribution in [3.63, 3.8) is 0 Å². The van der Waals surface area contributed by atoms with E-state index in [2.05, 4.69) is 31.9 Å². The molecule has 5 nitrogen and oxygen atoms in total. The average Bonchev–Trinajstić information content (AvgIpc) is 2.28. The SMILES string of the molecule is CCOC(=O)c1cc([N+](=O)[O-])cc(Br)c1CBr. The third-order valence-corrected chi connectivity index (χ3v) is 3.29. The van der Waals surface area contributed by atoms with Crippen molar-refractivity contribution in [3.8, 4) is 0 Å². The molecule has 0 aliphatic rings. The second kappa shape index (κ2) is 6.11. The Hall–Kier alpha value is -0.950. The number of benzene rings is 1. The van der Waals surface area contributed by atoms with Crippen LogP contribution in [0.3, 0.4) is 0 Å². The first kappa shape index (κ1) is 14.1. The van der Waals surface area contributed by atoms with Gasteiger partial charge in [-0.25, -0.2) is 4.79 Å². The molecule has 92 valence electrons. The smallest absolute Gasteiger partial charge is 0.338 e. The number of nitro groups is 1. The van der Waals surface area contributed by atoms with E-state index in [4.69, 9.17) is 4.74 Å². The zero-order valence-corrected chi connectivity index (χ0v) is 12.1. The monoisotopic (exact) mass is 365 g/mol. The van der Waals surface area contributed by atoms with Crippen LogP contribution < -0.4 is 0 Å². The highest BCUT2D eigenvalue weighted by Crippen LogP contribution is 2.29. The van der Waals surface area contributed by atoms with E-state index < -0.39 is 10.9 Å². The number of rotatable bonds is 4. The molecule has 1 aromatic carbocycles. The Balaban J connectivity index is 3.33. The summed E-state index contributed by atoms with van der Waals surface area (Å²) in [6, 6.07) is 2.58. The van der Waals surface area contributed by atoms with E-state index in [9.17, 15) is 14.9 Å². The summed E-state index contributed by atoms with van der Waals surface area (Å²) < 4.78 is 5.36. The van der Waals surface area contributed by atoms with E-state index in [0.717, 1.165) is 0 Å². The molecular formula is C10H9Br2NO4. The number of hydrogen-bond donors (Lipinski definition) is 0. The van der Waals surface area contributed by atoms with Crippen molar-refractivity contribution in [2.24, 2.45) is 0 Å². The van der Waals surface area contributed by atoms with Gasteiger partial charge >= 0.3 is 5.97 Å². The van der Waals surface area contributed by atoms with E-state index >= 15 is 0 Å².